The highest BCUT2D eigenvalue weighted by Crippen LogP contribution is 2.43. The minimum Gasteiger partial charge on any atom is -0.497 e. The molecule has 0 bridgehead atoms. The van der Waals surface area contributed by atoms with Gasteiger partial charge in [-0.1, -0.05) is 5.16 Å². The molecule has 96 valence electrons. The molecule has 0 amide bonds. The predicted molar refractivity (Wildman–Crippen MR) is 66.0 cm³/mol. The average molecular weight is 250 g/mol. The van der Waals surface area contributed by atoms with Crippen LogP contribution in [0.1, 0.15) is 0 Å². The van der Waals surface area contributed by atoms with Gasteiger partial charge < -0.3 is 24.5 Å². The predicted octanol–water partition coefficient (Wildman–Crippen LogP) is 1.95. The Balaban J connectivity index is 2.67. The summed E-state index contributed by atoms with van der Waals surface area (Å²) < 4.78 is 20.7. The summed E-state index contributed by atoms with van der Waals surface area (Å²) in [5.74, 6) is 1.94. The van der Waals surface area contributed by atoms with E-state index in [1.54, 1.807) is 33.5 Å². The number of hydrogen-bond donors (Lipinski definition) is 1. The molecule has 6 heteroatoms. The van der Waals surface area contributed by atoms with Crippen molar-refractivity contribution in [1.82, 2.24) is 5.16 Å². The zero-order valence-electron chi connectivity index (χ0n) is 10.4. The van der Waals surface area contributed by atoms with Crippen molar-refractivity contribution in [3.8, 4) is 28.4 Å². The number of hydrogen-bond acceptors (Lipinski definition) is 6. The Hall–Kier alpha value is -2.37. The van der Waals surface area contributed by atoms with Crippen LogP contribution in [0.5, 0.6) is 17.2 Å². The SMILES string of the molecule is COc1cc(OC)c(OC)c(-c2cnoc2N)c1. The maximum atomic E-state index is 5.71. The number of anilines is 1. The van der Waals surface area contributed by atoms with E-state index in [-0.39, 0.29) is 5.88 Å². The van der Waals surface area contributed by atoms with Gasteiger partial charge in [0.1, 0.15) is 5.75 Å². The molecule has 0 aliphatic carbocycles. The highest BCUT2D eigenvalue weighted by Gasteiger charge is 2.18. The molecule has 0 aliphatic heterocycles. The van der Waals surface area contributed by atoms with Crippen molar-refractivity contribution in [2.75, 3.05) is 27.1 Å². The van der Waals surface area contributed by atoms with E-state index < -0.39 is 0 Å². The lowest BCUT2D eigenvalue weighted by Crippen LogP contribution is -1.96. The van der Waals surface area contributed by atoms with Crippen LogP contribution in [0.2, 0.25) is 0 Å². The molecule has 2 aromatic rings. The number of benzene rings is 1. The number of methoxy groups -OCH3 is 3. The first-order valence-corrected chi connectivity index (χ1v) is 5.21. The van der Waals surface area contributed by atoms with Crippen LogP contribution in [0.3, 0.4) is 0 Å². The molecular weight excluding hydrogens is 236 g/mol. The summed E-state index contributed by atoms with van der Waals surface area (Å²) in [7, 11) is 4.68. The van der Waals surface area contributed by atoms with Gasteiger partial charge in [-0.15, -0.1) is 0 Å². The molecule has 0 saturated carbocycles. The van der Waals surface area contributed by atoms with Crippen molar-refractivity contribution in [1.29, 1.82) is 0 Å². The zero-order chi connectivity index (χ0) is 13.1. The van der Waals surface area contributed by atoms with Crippen LogP contribution in [-0.2, 0) is 0 Å². The van der Waals surface area contributed by atoms with Gasteiger partial charge in [-0.25, -0.2) is 0 Å². The molecule has 2 rings (SSSR count). The Kier molecular flexibility index (Phi) is 3.27. The topological polar surface area (TPSA) is 79.7 Å². The molecule has 0 spiro atoms. The summed E-state index contributed by atoms with van der Waals surface area (Å²) in [6, 6.07) is 3.51. The monoisotopic (exact) mass is 250 g/mol. The van der Waals surface area contributed by atoms with Crippen LogP contribution < -0.4 is 19.9 Å². The normalized spacial score (nSPS) is 10.2. The molecule has 0 fully saturated rings. The second kappa shape index (κ2) is 4.87. The molecule has 1 aromatic heterocycles. The lowest BCUT2D eigenvalue weighted by Gasteiger charge is -2.13. The average Bonchev–Trinajstić information content (AvgIpc) is 2.83. The van der Waals surface area contributed by atoms with Gasteiger partial charge in [0, 0.05) is 11.6 Å². The third kappa shape index (κ3) is 1.92. The number of ether oxygens (including phenoxy) is 3. The van der Waals surface area contributed by atoms with Crippen LogP contribution in [-0.4, -0.2) is 26.5 Å². The van der Waals surface area contributed by atoms with E-state index in [1.807, 2.05) is 0 Å². The first-order chi connectivity index (χ1) is 8.71. The smallest absolute Gasteiger partial charge is 0.230 e. The molecule has 0 unspecified atom stereocenters. The van der Waals surface area contributed by atoms with Gasteiger partial charge in [-0.2, -0.15) is 0 Å². The minimum absolute atomic E-state index is 0.212. The summed E-state index contributed by atoms with van der Waals surface area (Å²) in [6.07, 6.45) is 1.52. The summed E-state index contributed by atoms with van der Waals surface area (Å²) in [5, 5.41) is 3.65. The standard InChI is InChI=1S/C12H14N2O4/c1-15-7-4-8(9-6-14-18-12(9)13)11(17-3)10(5-7)16-2/h4-6H,13H2,1-3H3. The molecule has 6 nitrogen and oxygen atoms in total. The molecule has 0 radical (unpaired) electrons. The molecule has 0 atom stereocenters. The Bertz CT molecular complexity index is 551. The Morgan fingerprint density at radius 3 is 2.33 bits per heavy atom. The summed E-state index contributed by atoms with van der Waals surface area (Å²) in [6.45, 7) is 0. The van der Waals surface area contributed by atoms with Crippen molar-refractivity contribution in [3.63, 3.8) is 0 Å². The molecule has 1 heterocycles. The maximum Gasteiger partial charge on any atom is 0.230 e. The molecular formula is C12H14N2O4. The van der Waals surface area contributed by atoms with E-state index in [0.717, 1.165) is 0 Å². The molecule has 1 aromatic carbocycles. The van der Waals surface area contributed by atoms with Crippen molar-refractivity contribution in [3.05, 3.63) is 18.3 Å². The van der Waals surface area contributed by atoms with E-state index in [0.29, 0.717) is 28.4 Å². The Morgan fingerprint density at radius 1 is 1.06 bits per heavy atom. The van der Waals surface area contributed by atoms with Crippen molar-refractivity contribution < 1.29 is 18.7 Å². The highest BCUT2D eigenvalue weighted by molar-refractivity contribution is 5.80. The number of nitrogens with two attached hydrogens (primary N) is 1. The zero-order valence-corrected chi connectivity index (χ0v) is 10.4. The van der Waals surface area contributed by atoms with E-state index >= 15 is 0 Å². The van der Waals surface area contributed by atoms with Gasteiger partial charge in [-0.3, -0.25) is 0 Å². The van der Waals surface area contributed by atoms with E-state index in [2.05, 4.69) is 5.16 Å². The third-order valence-corrected chi connectivity index (χ3v) is 2.58. The van der Waals surface area contributed by atoms with Crippen LogP contribution >= 0.6 is 0 Å². The second-order valence-electron chi connectivity index (χ2n) is 3.51. The van der Waals surface area contributed by atoms with Crippen LogP contribution in [0.15, 0.2) is 22.9 Å². The third-order valence-electron chi connectivity index (χ3n) is 2.58. The van der Waals surface area contributed by atoms with Crippen LogP contribution in [0, 0.1) is 0 Å². The number of rotatable bonds is 4. The minimum atomic E-state index is 0.212. The quantitative estimate of drug-likeness (QED) is 0.893. The largest absolute Gasteiger partial charge is 0.497 e. The second-order valence-corrected chi connectivity index (χ2v) is 3.51. The van der Waals surface area contributed by atoms with Gasteiger partial charge in [0.15, 0.2) is 11.5 Å². The van der Waals surface area contributed by atoms with Gasteiger partial charge in [0.2, 0.25) is 5.88 Å². The van der Waals surface area contributed by atoms with E-state index in [4.69, 9.17) is 24.5 Å². The summed E-state index contributed by atoms with van der Waals surface area (Å²) in [5.41, 5.74) is 7.04. The van der Waals surface area contributed by atoms with Gasteiger partial charge in [-0.05, 0) is 6.07 Å². The molecule has 18 heavy (non-hydrogen) atoms. The highest BCUT2D eigenvalue weighted by atomic mass is 16.5. The van der Waals surface area contributed by atoms with Crippen molar-refractivity contribution in [2.45, 2.75) is 0 Å². The molecule has 0 aliphatic rings. The van der Waals surface area contributed by atoms with Crippen molar-refractivity contribution in [2.24, 2.45) is 0 Å². The van der Waals surface area contributed by atoms with Crippen molar-refractivity contribution >= 4 is 5.88 Å². The maximum absolute atomic E-state index is 5.71. The fourth-order valence-corrected chi connectivity index (χ4v) is 1.71. The fraction of sp³-hybridized carbons (Fsp3) is 0.250. The van der Waals surface area contributed by atoms with E-state index in [9.17, 15) is 0 Å². The number of nitrogens with zero attached hydrogens (tertiary/aromatic N) is 1. The summed E-state index contributed by atoms with van der Waals surface area (Å²) >= 11 is 0. The Labute approximate surface area is 104 Å². The first-order valence-electron chi connectivity index (χ1n) is 5.21. The van der Waals surface area contributed by atoms with Gasteiger partial charge in [0.05, 0.1) is 33.1 Å². The Morgan fingerprint density at radius 2 is 1.83 bits per heavy atom. The van der Waals surface area contributed by atoms with E-state index in [1.165, 1.54) is 6.20 Å². The molecule has 0 saturated heterocycles. The van der Waals surface area contributed by atoms with Gasteiger partial charge >= 0.3 is 0 Å². The van der Waals surface area contributed by atoms with Gasteiger partial charge in [0.25, 0.3) is 0 Å². The number of nitrogen functional groups attached to an aromatic ring is 1. The lowest BCUT2D eigenvalue weighted by molar-refractivity contribution is 0.350. The number of aromatic nitrogens is 1. The fourth-order valence-electron chi connectivity index (χ4n) is 1.71. The van der Waals surface area contributed by atoms with Crippen LogP contribution in [0.4, 0.5) is 5.88 Å². The summed E-state index contributed by atoms with van der Waals surface area (Å²) in [4.78, 5) is 0. The van der Waals surface area contributed by atoms with Crippen LogP contribution in [0.25, 0.3) is 11.1 Å². The lowest BCUT2D eigenvalue weighted by atomic mass is 10.1. The molecule has 2 N–H and O–H groups in total. The first kappa shape index (κ1) is 12.1.